The standard InChI is InChI=1S/C31H30N4O2S/c1-33-18-27(38-3)21-35(20-26-14-13-25(17-34-26)31(36)37-2)19-22-11-12-24(16-32)30(15-22)29-10-6-8-23-7-4-5-9-28(23)29/h4-15,17-18,33H,19-21H2,1-3H3/b27-18-. The molecular formula is C31H30N4O2S. The summed E-state index contributed by atoms with van der Waals surface area (Å²) in [5.41, 5.74) is 5.01. The monoisotopic (exact) mass is 522 g/mol. The minimum absolute atomic E-state index is 0.402. The van der Waals surface area contributed by atoms with Crippen molar-refractivity contribution in [2.24, 2.45) is 0 Å². The Labute approximate surface area is 228 Å². The molecule has 0 aliphatic heterocycles. The Balaban J connectivity index is 1.68. The first-order valence-corrected chi connectivity index (χ1v) is 13.5. The topological polar surface area (TPSA) is 78.2 Å². The molecule has 1 heterocycles. The Morgan fingerprint density at radius 2 is 1.89 bits per heavy atom. The summed E-state index contributed by atoms with van der Waals surface area (Å²) in [6, 6.07) is 26.5. The van der Waals surface area contributed by atoms with Crippen molar-refractivity contribution in [3.63, 3.8) is 0 Å². The van der Waals surface area contributed by atoms with E-state index in [0.29, 0.717) is 30.8 Å². The molecule has 4 aromatic rings. The highest BCUT2D eigenvalue weighted by Gasteiger charge is 2.15. The zero-order chi connectivity index (χ0) is 26.9. The van der Waals surface area contributed by atoms with E-state index in [1.54, 1.807) is 24.0 Å². The van der Waals surface area contributed by atoms with E-state index in [2.05, 4.69) is 57.9 Å². The minimum Gasteiger partial charge on any atom is -0.465 e. The van der Waals surface area contributed by atoms with E-state index in [-0.39, 0.29) is 0 Å². The van der Waals surface area contributed by atoms with Gasteiger partial charge in [-0.25, -0.2) is 4.79 Å². The van der Waals surface area contributed by atoms with Crippen LogP contribution in [0.1, 0.15) is 27.2 Å². The number of rotatable bonds is 10. The fourth-order valence-corrected chi connectivity index (χ4v) is 4.98. The molecule has 38 heavy (non-hydrogen) atoms. The highest BCUT2D eigenvalue weighted by Crippen LogP contribution is 2.32. The molecule has 0 bridgehead atoms. The molecule has 3 aromatic carbocycles. The maximum Gasteiger partial charge on any atom is 0.339 e. The summed E-state index contributed by atoms with van der Waals surface area (Å²) in [7, 11) is 3.25. The molecule has 0 saturated heterocycles. The molecule has 0 unspecified atom stereocenters. The number of pyridine rings is 1. The fourth-order valence-electron chi connectivity index (χ4n) is 4.43. The number of methoxy groups -OCH3 is 1. The second kappa shape index (κ2) is 12.9. The third-order valence-corrected chi connectivity index (χ3v) is 7.04. The highest BCUT2D eigenvalue weighted by atomic mass is 32.2. The first-order valence-electron chi connectivity index (χ1n) is 12.2. The number of thioether (sulfide) groups is 1. The molecule has 0 amide bonds. The molecule has 7 heteroatoms. The third kappa shape index (κ3) is 6.41. The highest BCUT2D eigenvalue weighted by molar-refractivity contribution is 8.02. The normalized spacial score (nSPS) is 11.4. The van der Waals surface area contributed by atoms with E-state index in [0.717, 1.165) is 33.2 Å². The van der Waals surface area contributed by atoms with Gasteiger partial charge in [-0.15, -0.1) is 11.8 Å². The Kier molecular flexibility index (Phi) is 9.15. The van der Waals surface area contributed by atoms with Gasteiger partial charge in [0.25, 0.3) is 0 Å². The number of nitrogens with one attached hydrogen (secondary N) is 1. The zero-order valence-electron chi connectivity index (χ0n) is 21.8. The summed E-state index contributed by atoms with van der Waals surface area (Å²) in [5, 5.41) is 15.3. The lowest BCUT2D eigenvalue weighted by Crippen LogP contribution is -2.26. The van der Waals surface area contributed by atoms with Crippen molar-refractivity contribution in [2.75, 3.05) is 27.0 Å². The lowest BCUT2D eigenvalue weighted by molar-refractivity contribution is 0.0600. The predicted octanol–water partition coefficient (Wildman–Crippen LogP) is 5.99. The predicted molar refractivity (Wildman–Crippen MR) is 154 cm³/mol. The lowest BCUT2D eigenvalue weighted by atomic mass is 9.93. The molecule has 6 nitrogen and oxygen atoms in total. The number of fused-ring (bicyclic) bond motifs is 1. The van der Waals surface area contributed by atoms with Gasteiger partial charge in [-0.05, 0) is 52.4 Å². The van der Waals surface area contributed by atoms with Crippen molar-refractivity contribution in [3.8, 4) is 17.2 Å². The smallest absolute Gasteiger partial charge is 0.339 e. The SMILES string of the molecule is CN/C=C(/CN(Cc1ccc(C#N)c(-c2cccc3ccccc23)c1)Cc1ccc(C(=O)OC)cn1)SC. The Hall–Kier alpha value is -4.12. The van der Waals surface area contributed by atoms with Gasteiger partial charge in [-0.2, -0.15) is 5.26 Å². The Morgan fingerprint density at radius 1 is 1.08 bits per heavy atom. The molecule has 4 rings (SSSR count). The molecule has 0 radical (unpaired) electrons. The van der Waals surface area contributed by atoms with Crippen molar-refractivity contribution < 1.29 is 9.53 Å². The number of nitriles is 1. The summed E-state index contributed by atoms with van der Waals surface area (Å²) >= 11 is 1.69. The second-order valence-corrected chi connectivity index (χ2v) is 9.73. The van der Waals surface area contributed by atoms with Crippen LogP contribution in [0.3, 0.4) is 0 Å². The van der Waals surface area contributed by atoms with Crippen LogP contribution in [0.4, 0.5) is 0 Å². The molecule has 1 N–H and O–H groups in total. The maximum absolute atomic E-state index is 11.8. The number of carbonyl (C=O) groups excluding carboxylic acids is 1. The van der Waals surface area contributed by atoms with Gasteiger partial charge >= 0.3 is 5.97 Å². The van der Waals surface area contributed by atoms with Crippen molar-refractivity contribution in [1.29, 1.82) is 5.26 Å². The Morgan fingerprint density at radius 3 is 2.61 bits per heavy atom. The van der Waals surface area contributed by atoms with Crippen LogP contribution in [0.25, 0.3) is 21.9 Å². The number of nitrogens with zero attached hydrogens (tertiary/aromatic N) is 3. The van der Waals surface area contributed by atoms with Crippen molar-refractivity contribution in [1.82, 2.24) is 15.2 Å². The number of carbonyl (C=O) groups is 1. The van der Waals surface area contributed by atoms with Crippen LogP contribution in [0.15, 0.2) is 90.1 Å². The average molecular weight is 523 g/mol. The molecular weight excluding hydrogens is 492 g/mol. The lowest BCUT2D eigenvalue weighted by Gasteiger charge is -2.24. The molecule has 0 atom stereocenters. The molecule has 1 aromatic heterocycles. The molecule has 0 aliphatic rings. The van der Waals surface area contributed by atoms with E-state index in [9.17, 15) is 10.1 Å². The van der Waals surface area contributed by atoms with Gasteiger partial charge in [0.05, 0.1) is 30.0 Å². The summed E-state index contributed by atoms with van der Waals surface area (Å²) < 4.78 is 4.79. The molecule has 0 saturated carbocycles. The number of benzene rings is 3. The van der Waals surface area contributed by atoms with Gasteiger partial charge in [0.15, 0.2) is 0 Å². The first-order chi connectivity index (χ1) is 18.6. The van der Waals surface area contributed by atoms with Crippen LogP contribution in [0.5, 0.6) is 0 Å². The number of esters is 1. The van der Waals surface area contributed by atoms with Gasteiger partial charge in [0.2, 0.25) is 0 Å². The summed E-state index contributed by atoms with van der Waals surface area (Å²) in [4.78, 5) is 19.8. The van der Waals surface area contributed by atoms with Crippen LogP contribution >= 0.6 is 11.8 Å². The molecule has 0 fully saturated rings. The average Bonchev–Trinajstić information content (AvgIpc) is 2.96. The largest absolute Gasteiger partial charge is 0.465 e. The number of hydrogen-bond donors (Lipinski definition) is 1. The van der Waals surface area contributed by atoms with Crippen molar-refractivity contribution in [2.45, 2.75) is 13.1 Å². The van der Waals surface area contributed by atoms with E-state index in [1.165, 1.54) is 12.0 Å². The maximum atomic E-state index is 11.8. The summed E-state index contributed by atoms with van der Waals surface area (Å²) in [5.74, 6) is -0.402. The number of aromatic nitrogens is 1. The van der Waals surface area contributed by atoms with Gasteiger partial charge < -0.3 is 10.1 Å². The van der Waals surface area contributed by atoms with Crippen LogP contribution in [0, 0.1) is 11.3 Å². The second-order valence-electron chi connectivity index (χ2n) is 8.80. The van der Waals surface area contributed by atoms with E-state index in [4.69, 9.17) is 4.74 Å². The number of ether oxygens (including phenoxy) is 1. The van der Waals surface area contributed by atoms with Crippen LogP contribution < -0.4 is 5.32 Å². The first kappa shape index (κ1) is 26.9. The summed E-state index contributed by atoms with van der Waals surface area (Å²) in [6.45, 7) is 1.96. The Bertz CT molecular complexity index is 1490. The van der Waals surface area contributed by atoms with Crippen LogP contribution in [-0.2, 0) is 17.8 Å². The van der Waals surface area contributed by atoms with Crippen molar-refractivity contribution in [3.05, 3.63) is 112 Å². The molecule has 0 spiro atoms. The van der Waals surface area contributed by atoms with Crippen LogP contribution in [-0.4, -0.2) is 42.8 Å². The van der Waals surface area contributed by atoms with E-state index in [1.807, 2.05) is 49.6 Å². The van der Waals surface area contributed by atoms with Gasteiger partial charge in [0.1, 0.15) is 0 Å². The van der Waals surface area contributed by atoms with Crippen molar-refractivity contribution >= 4 is 28.5 Å². The quantitative estimate of drug-likeness (QED) is 0.257. The zero-order valence-corrected chi connectivity index (χ0v) is 22.6. The van der Waals surface area contributed by atoms with Gasteiger partial charge in [-0.3, -0.25) is 9.88 Å². The van der Waals surface area contributed by atoms with Gasteiger partial charge in [-0.1, -0.05) is 48.5 Å². The molecule has 0 aliphatic carbocycles. The number of hydrogen-bond acceptors (Lipinski definition) is 7. The van der Waals surface area contributed by atoms with Crippen LogP contribution in [0.2, 0.25) is 0 Å². The third-order valence-electron chi connectivity index (χ3n) is 6.27. The van der Waals surface area contributed by atoms with E-state index < -0.39 is 5.97 Å². The van der Waals surface area contributed by atoms with E-state index >= 15 is 0 Å². The molecule has 192 valence electrons. The fraction of sp³-hybridized carbons (Fsp3) is 0.194. The van der Waals surface area contributed by atoms with Gasteiger partial charge in [0, 0.05) is 49.5 Å². The minimum atomic E-state index is -0.402. The summed E-state index contributed by atoms with van der Waals surface area (Å²) in [6.07, 6.45) is 5.62.